The summed E-state index contributed by atoms with van der Waals surface area (Å²) in [6.45, 7) is 0. The highest BCUT2D eigenvalue weighted by Crippen LogP contribution is 2.37. The average molecular weight is 448 g/mol. The third-order valence-corrected chi connectivity index (χ3v) is 6.26. The van der Waals surface area contributed by atoms with Gasteiger partial charge < -0.3 is 19.0 Å². The highest BCUT2D eigenvalue weighted by atomic mass is 16.5. The first kappa shape index (κ1) is 20.9. The Hall–Kier alpha value is -3.95. The number of hydrogen-bond acceptors (Lipinski definition) is 7. The van der Waals surface area contributed by atoms with E-state index in [0.717, 1.165) is 36.6 Å². The number of aromatic nitrogens is 5. The van der Waals surface area contributed by atoms with Gasteiger partial charge in [0.15, 0.2) is 0 Å². The van der Waals surface area contributed by atoms with Crippen molar-refractivity contribution in [3.63, 3.8) is 0 Å². The SMILES string of the molecule is COc1cc2nn([C@H]3CC[C@H](c4nnco4)CC3)cc2cc1C(=O)Nc1cccn(C)c1=O. The highest BCUT2D eigenvalue weighted by Gasteiger charge is 2.27. The van der Waals surface area contributed by atoms with E-state index < -0.39 is 5.91 Å². The Kier molecular flexibility index (Phi) is 5.41. The summed E-state index contributed by atoms with van der Waals surface area (Å²) in [5.74, 6) is 0.977. The molecule has 1 aliphatic rings. The average Bonchev–Trinajstić information content (AvgIpc) is 3.51. The monoisotopic (exact) mass is 448 g/mol. The molecule has 10 nitrogen and oxygen atoms in total. The maximum atomic E-state index is 13.0. The van der Waals surface area contributed by atoms with Crippen molar-refractivity contribution < 1.29 is 13.9 Å². The fraction of sp³-hybridized carbons (Fsp3) is 0.348. The highest BCUT2D eigenvalue weighted by molar-refractivity contribution is 6.08. The Labute approximate surface area is 189 Å². The minimum Gasteiger partial charge on any atom is -0.496 e. The minimum atomic E-state index is -0.412. The quantitative estimate of drug-likeness (QED) is 0.498. The number of ether oxygens (including phenoxy) is 1. The summed E-state index contributed by atoms with van der Waals surface area (Å²) in [6.07, 6.45) is 8.77. The van der Waals surface area contributed by atoms with Gasteiger partial charge in [-0.25, -0.2) is 0 Å². The summed E-state index contributed by atoms with van der Waals surface area (Å²) < 4.78 is 14.2. The summed E-state index contributed by atoms with van der Waals surface area (Å²) in [7, 11) is 3.14. The Morgan fingerprint density at radius 1 is 1.24 bits per heavy atom. The van der Waals surface area contributed by atoms with Crippen LogP contribution in [0.5, 0.6) is 5.75 Å². The Balaban J connectivity index is 1.38. The molecular weight excluding hydrogens is 424 g/mol. The standard InChI is InChI=1S/C23H24N6O4/c1-28-9-3-4-18(23(28)31)25-21(30)17-10-15-12-29(27-19(15)11-20(17)32-2)16-7-5-14(6-8-16)22-26-24-13-33-22/h3-4,9-14,16H,5-8H2,1-2H3,(H,25,30)/t14-,16-. The zero-order chi connectivity index (χ0) is 22.9. The van der Waals surface area contributed by atoms with Gasteiger partial charge in [-0.05, 0) is 43.9 Å². The molecule has 0 spiro atoms. The minimum absolute atomic E-state index is 0.209. The van der Waals surface area contributed by atoms with Crippen LogP contribution in [0.2, 0.25) is 0 Å². The van der Waals surface area contributed by atoms with Gasteiger partial charge in [0.25, 0.3) is 11.5 Å². The molecule has 0 saturated heterocycles. The van der Waals surface area contributed by atoms with E-state index in [9.17, 15) is 9.59 Å². The maximum absolute atomic E-state index is 13.0. The van der Waals surface area contributed by atoms with Crippen molar-refractivity contribution in [1.29, 1.82) is 0 Å². The van der Waals surface area contributed by atoms with E-state index in [4.69, 9.17) is 14.3 Å². The van der Waals surface area contributed by atoms with Crippen LogP contribution in [0.25, 0.3) is 10.9 Å². The molecule has 0 unspecified atom stereocenters. The molecule has 1 aliphatic carbocycles. The second-order valence-corrected chi connectivity index (χ2v) is 8.29. The van der Waals surface area contributed by atoms with Crippen LogP contribution in [-0.2, 0) is 7.05 Å². The fourth-order valence-corrected chi connectivity index (χ4v) is 4.43. The number of methoxy groups -OCH3 is 1. The molecule has 33 heavy (non-hydrogen) atoms. The molecule has 3 heterocycles. The first-order valence-corrected chi connectivity index (χ1v) is 10.8. The Bertz CT molecular complexity index is 1350. The van der Waals surface area contributed by atoms with Crippen molar-refractivity contribution in [2.45, 2.75) is 37.6 Å². The van der Waals surface area contributed by atoms with Gasteiger partial charge in [0.2, 0.25) is 12.3 Å². The number of amides is 1. The van der Waals surface area contributed by atoms with Gasteiger partial charge in [0.1, 0.15) is 11.4 Å². The van der Waals surface area contributed by atoms with Gasteiger partial charge in [-0.1, -0.05) is 0 Å². The van der Waals surface area contributed by atoms with Crippen LogP contribution in [0.4, 0.5) is 5.69 Å². The number of hydrogen-bond donors (Lipinski definition) is 1. The van der Waals surface area contributed by atoms with Crippen LogP contribution in [0, 0.1) is 0 Å². The Morgan fingerprint density at radius 3 is 2.79 bits per heavy atom. The van der Waals surface area contributed by atoms with Gasteiger partial charge in [-0.3, -0.25) is 14.3 Å². The van der Waals surface area contributed by atoms with Gasteiger partial charge >= 0.3 is 0 Å². The number of carbonyl (C=O) groups excluding carboxylic acids is 1. The molecule has 1 fully saturated rings. The number of aryl methyl sites for hydroxylation is 1. The molecular formula is C23H24N6O4. The van der Waals surface area contributed by atoms with Crippen LogP contribution in [-0.4, -0.2) is 37.6 Å². The number of anilines is 1. The van der Waals surface area contributed by atoms with Crippen molar-refractivity contribution >= 4 is 22.5 Å². The molecule has 5 rings (SSSR count). The van der Waals surface area contributed by atoms with Crippen LogP contribution in [0.15, 0.2) is 52.3 Å². The lowest BCUT2D eigenvalue weighted by Crippen LogP contribution is -2.23. The second-order valence-electron chi connectivity index (χ2n) is 8.29. The summed E-state index contributed by atoms with van der Waals surface area (Å²) >= 11 is 0. The summed E-state index contributed by atoms with van der Waals surface area (Å²) in [4.78, 5) is 25.2. The first-order chi connectivity index (χ1) is 16.0. The third-order valence-electron chi connectivity index (χ3n) is 6.26. The molecule has 1 amide bonds. The zero-order valence-corrected chi connectivity index (χ0v) is 18.4. The predicted octanol–water partition coefficient (Wildman–Crippen LogP) is 3.28. The largest absolute Gasteiger partial charge is 0.496 e. The van der Waals surface area contributed by atoms with Crippen molar-refractivity contribution in [2.75, 3.05) is 12.4 Å². The van der Waals surface area contributed by atoms with E-state index in [0.29, 0.717) is 17.2 Å². The van der Waals surface area contributed by atoms with Gasteiger partial charge in [0.05, 0.1) is 24.2 Å². The maximum Gasteiger partial charge on any atom is 0.274 e. The first-order valence-electron chi connectivity index (χ1n) is 10.8. The number of benzene rings is 1. The van der Waals surface area contributed by atoms with Crippen LogP contribution >= 0.6 is 0 Å². The number of nitrogens with one attached hydrogen (secondary N) is 1. The normalized spacial score (nSPS) is 18.4. The number of pyridine rings is 1. The molecule has 1 aromatic carbocycles. The number of nitrogens with zero attached hydrogens (tertiary/aromatic N) is 5. The summed E-state index contributed by atoms with van der Waals surface area (Å²) in [5.41, 5.74) is 1.02. The van der Waals surface area contributed by atoms with E-state index in [2.05, 4.69) is 15.5 Å². The molecule has 170 valence electrons. The topological polar surface area (TPSA) is 117 Å². The zero-order valence-electron chi connectivity index (χ0n) is 18.4. The number of carbonyl (C=O) groups is 1. The van der Waals surface area contributed by atoms with Crippen molar-refractivity contribution in [3.05, 3.63) is 64.9 Å². The molecule has 10 heteroatoms. The lowest BCUT2D eigenvalue weighted by atomic mass is 9.86. The van der Waals surface area contributed by atoms with Gasteiger partial charge in [0, 0.05) is 36.8 Å². The van der Waals surface area contributed by atoms with Crippen LogP contribution in [0.3, 0.4) is 0 Å². The fourth-order valence-electron chi connectivity index (χ4n) is 4.43. The molecule has 0 aliphatic heterocycles. The van der Waals surface area contributed by atoms with Gasteiger partial charge in [-0.2, -0.15) is 5.10 Å². The molecule has 0 bridgehead atoms. The molecule has 0 radical (unpaired) electrons. The predicted molar refractivity (Wildman–Crippen MR) is 120 cm³/mol. The third kappa shape index (κ3) is 3.99. The number of rotatable bonds is 5. The molecule has 1 N–H and O–H groups in total. The lowest BCUT2D eigenvalue weighted by Gasteiger charge is -2.26. The van der Waals surface area contributed by atoms with E-state index >= 15 is 0 Å². The van der Waals surface area contributed by atoms with Crippen LogP contribution < -0.4 is 15.6 Å². The lowest BCUT2D eigenvalue weighted by molar-refractivity contribution is 0.102. The second kappa shape index (κ2) is 8.53. The van der Waals surface area contributed by atoms with Crippen molar-refractivity contribution in [2.24, 2.45) is 7.05 Å². The number of fused-ring (bicyclic) bond motifs is 1. The van der Waals surface area contributed by atoms with Crippen molar-refractivity contribution in [3.8, 4) is 5.75 Å². The van der Waals surface area contributed by atoms with E-state index in [1.165, 1.54) is 18.1 Å². The van der Waals surface area contributed by atoms with E-state index in [-0.39, 0.29) is 23.2 Å². The van der Waals surface area contributed by atoms with Gasteiger partial charge in [-0.15, -0.1) is 10.2 Å². The van der Waals surface area contributed by atoms with E-state index in [1.54, 1.807) is 37.5 Å². The summed E-state index contributed by atoms with van der Waals surface area (Å²) in [6, 6.07) is 7.05. The molecule has 1 saturated carbocycles. The van der Waals surface area contributed by atoms with Crippen LogP contribution in [0.1, 0.15) is 53.9 Å². The van der Waals surface area contributed by atoms with E-state index in [1.807, 2.05) is 10.9 Å². The van der Waals surface area contributed by atoms with Crippen molar-refractivity contribution in [1.82, 2.24) is 24.5 Å². The molecule has 4 aromatic rings. The summed E-state index contributed by atoms with van der Waals surface area (Å²) in [5, 5.41) is 16.1. The molecule has 3 aromatic heterocycles. The Morgan fingerprint density at radius 2 is 2.06 bits per heavy atom. The molecule has 0 atom stereocenters. The smallest absolute Gasteiger partial charge is 0.274 e.